The van der Waals surface area contributed by atoms with Gasteiger partial charge in [-0.2, -0.15) is 9.36 Å². The summed E-state index contributed by atoms with van der Waals surface area (Å²) in [6.07, 6.45) is 0. The van der Waals surface area contributed by atoms with Crippen molar-refractivity contribution in [2.75, 3.05) is 31.6 Å². The van der Waals surface area contributed by atoms with Crippen molar-refractivity contribution in [2.45, 2.75) is 32.9 Å². The molecule has 0 spiro atoms. The lowest BCUT2D eigenvalue weighted by Gasteiger charge is -2.40. The van der Waals surface area contributed by atoms with Gasteiger partial charge in [0.25, 0.3) is 5.91 Å². The van der Waals surface area contributed by atoms with Crippen LogP contribution < -0.4 is 4.90 Å². The Balaban J connectivity index is 1.65. The van der Waals surface area contributed by atoms with E-state index in [2.05, 4.69) is 23.2 Å². The lowest BCUT2D eigenvalue weighted by atomic mass is 10.1. The summed E-state index contributed by atoms with van der Waals surface area (Å²) in [7, 11) is 1.93. The molecule has 1 fully saturated rings. The fourth-order valence-electron chi connectivity index (χ4n) is 3.04. The first-order chi connectivity index (χ1) is 13.3. The highest BCUT2D eigenvalue weighted by atomic mass is 32.1. The van der Waals surface area contributed by atoms with Gasteiger partial charge in [-0.3, -0.25) is 10.2 Å². The number of amides is 1. The second kappa shape index (κ2) is 8.22. The van der Waals surface area contributed by atoms with Gasteiger partial charge in [0, 0.05) is 44.3 Å². The molecule has 0 bridgehead atoms. The van der Waals surface area contributed by atoms with Crippen LogP contribution in [0.1, 0.15) is 36.1 Å². The zero-order valence-corrected chi connectivity index (χ0v) is 17.3. The maximum absolute atomic E-state index is 13.1. The van der Waals surface area contributed by atoms with Crippen LogP contribution in [0.2, 0.25) is 0 Å². The molecule has 1 aromatic carbocycles. The van der Waals surface area contributed by atoms with Crippen molar-refractivity contribution in [3.8, 4) is 0 Å². The van der Waals surface area contributed by atoms with Gasteiger partial charge in [-0.25, -0.2) is 4.39 Å². The number of carbonyl (C=O) groups excluding carboxylic acids is 1. The molecule has 1 atom stereocenters. The summed E-state index contributed by atoms with van der Waals surface area (Å²) in [6.45, 7) is 7.66. The van der Waals surface area contributed by atoms with Crippen LogP contribution in [0, 0.1) is 11.2 Å². The fourth-order valence-corrected chi connectivity index (χ4v) is 3.72. The van der Waals surface area contributed by atoms with Gasteiger partial charge in [0.15, 0.2) is 10.8 Å². The van der Waals surface area contributed by atoms with Crippen molar-refractivity contribution >= 4 is 29.2 Å². The second-order valence-electron chi connectivity index (χ2n) is 7.25. The maximum atomic E-state index is 13.1. The van der Waals surface area contributed by atoms with Gasteiger partial charge < -0.3 is 14.7 Å². The maximum Gasteiger partial charge on any atom is 0.254 e. The molecule has 1 aromatic heterocycles. The highest BCUT2D eigenvalue weighted by Crippen LogP contribution is 2.19. The lowest BCUT2D eigenvalue weighted by molar-refractivity contribution is 0.0580. The summed E-state index contributed by atoms with van der Waals surface area (Å²) < 4.78 is 17.5. The molecule has 1 aliphatic rings. The van der Waals surface area contributed by atoms with Gasteiger partial charge >= 0.3 is 0 Å². The van der Waals surface area contributed by atoms with Crippen LogP contribution in [0.3, 0.4) is 0 Å². The van der Waals surface area contributed by atoms with E-state index in [0.29, 0.717) is 42.0 Å². The van der Waals surface area contributed by atoms with E-state index in [-0.39, 0.29) is 23.8 Å². The van der Waals surface area contributed by atoms with E-state index in [1.807, 2.05) is 23.8 Å². The number of aromatic nitrogens is 2. The van der Waals surface area contributed by atoms with E-state index in [9.17, 15) is 9.18 Å². The average molecular weight is 405 g/mol. The predicted octanol–water partition coefficient (Wildman–Crippen LogP) is 2.69. The predicted molar refractivity (Wildman–Crippen MR) is 109 cm³/mol. The smallest absolute Gasteiger partial charge is 0.254 e. The van der Waals surface area contributed by atoms with E-state index < -0.39 is 0 Å². The molecule has 3 rings (SSSR count). The van der Waals surface area contributed by atoms with E-state index >= 15 is 0 Å². The van der Waals surface area contributed by atoms with Crippen molar-refractivity contribution < 1.29 is 9.18 Å². The largest absolute Gasteiger partial charge is 0.351 e. The topological polar surface area (TPSA) is 76.4 Å². The quantitative estimate of drug-likeness (QED) is 0.626. The first-order valence-corrected chi connectivity index (χ1v) is 10.0. The molecule has 2 aromatic rings. The molecule has 0 aliphatic carbocycles. The molecule has 1 saturated heterocycles. The number of hydrogen-bond acceptors (Lipinski definition) is 6. The van der Waals surface area contributed by atoms with Gasteiger partial charge in [0.05, 0.1) is 0 Å². The number of halogens is 1. The number of nitrogens with one attached hydrogen (secondary N) is 1. The van der Waals surface area contributed by atoms with Crippen LogP contribution in [0.5, 0.6) is 0 Å². The minimum Gasteiger partial charge on any atom is -0.351 e. The fraction of sp³-hybridized carbons (Fsp3) is 0.474. The molecule has 1 aliphatic heterocycles. The van der Waals surface area contributed by atoms with Crippen LogP contribution in [0.25, 0.3) is 0 Å². The molecule has 0 radical (unpaired) electrons. The summed E-state index contributed by atoms with van der Waals surface area (Å²) >= 11 is 1.22. The Morgan fingerprint density at radius 1 is 1.32 bits per heavy atom. The van der Waals surface area contributed by atoms with Gasteiger partial charge in [0.2, 0.25) is 5.95 Å². The summed E-state index contributed by atoms with van der Waals surface area (Å²) in [5.41, 5.74) is 0.474. The van der Waals surface area contributed by atoms with Crippen LogP contribution in [-0.2, 0) is 0 Å². The third-order valence-electron chi connectivity index (χ3n) is 5.00. The summed E-state index contributed by atoms with van der Waals surface area (Å²) in [5.74, 6) is 0.484. The SMILES string of the molecule is CC(C)N(C)c1nsc(C(=N)N2CCN(C(=O)c3ccc(F)cc3)[C@H](C)C2)n1. The zero-order valence-electron chi connectivity index (χ0n) is 16.5. The van der Waals surface area contributed by atoms with Gasteiger partial charge in [0.1, 0.15) is 5.82 Å². The van der Waals surface area contributed by atoms with Crippen LogP contribution in [0.15, 0.2) is 24.3 Å². The molecule has 0 unspecified atom stereocenters. The van der Waals surface area contributed by atoms with Gasteiger partial charge in [-0.15, -0.1) is 0 Å². The molecular formula is C19H25FN6OS. The molecular weight excluding hydrogens is 379 g/mol. The lowest BCUT2D eigenvalue weighted by Crippen LogP contribution is -2.55. The Morgan fingerprint density at radius 3 is 2.61 bits per heavy atom. The molecule has 9 heteroatoms. The van der Waals surface area contributed by atoms with Crippen molar-refractivity contribution in [1.82, 2.24) is 19.2 Å². The van der Waals surface area contributed by atoms with Crippen molar-refractivity contribution in [3.63, 3.8) is 0 Å². The van der Waals surface area contributed by atoms with Crippen molar-refractivity contribution in [1.29, 1.82) is 5.41 Å². The zero-order chi connectivity index (χ0) is 20.4. The van der Waals surface area contributed by atoms with E-state index in [1.54, 1.807) is 4.90 Å². The average Bonchev–Trinajstić information content (AvgIpc) is 3.16. The number of amidine groups is 1. The number of carbonyl (C=O) groups is 1. The van der Waals surface area contributed by atoms with E-state index in [0.717, 1.165) is 0 Å². The molecule has 150 valence electrons. The Morgan fingerprint density at radius 2 is 2.00 bits per heavy atom. The summed E-state index contributed by atoms with van der Waals surface area (Å²) in [5, 5.41) is 9.08. The summed E-state index contributed by atoms with van der Waals surface area (Å²) in [4.78, 5) is 22.9. The molecule has 2 heterocycles. The molecule has 7 nitrogen and oxygen atoms in total. The minimum atomic E-state index is -0.359. The van der Waals surface area contributed by atoms with Crippen molar-refractivity contribution in [2.24, 2.45) is 0 Å². The minimum absolute atomic E-state index is 0.0719. The first kappa shape index (κ1) is 20.2. The Kier molecular flexibility index (Phi) is 5.93. The molecule has 1 amide bonds. The molecule has 28 heavy (non-hydrogen) atoms. The Labute approximate surface area is 168 Å². The number of nitrogens with zero attached hydrogens (tertiary/aromatic N) is 5. The van der Waals surface area contributed by atoms with E-state index in [4.69, 9.17) is 5.41 Å². The van der Waals surface area contributed by atoms with Crippen molar-refractivity contribution in [3.05, 3.63) is 40.7 Å². The Bertz CT molecular complexity index is 852. The number of anilines is 1. The standard InChI is InChI=1S/C19H25FN6OS/c1-12(2)24(4)19-22-17(28-23-19)16(21)25-9-10-26(13(3)11-25)18(27)14-5-7-15(20)8-6-14/h5-8,12-13,21H,9-11H2,1-4H3/t13-/m1/s1. The third-order valence-corrected chi connectivity index (χ3v) is 5.72. The first-order valence-electron chi connectivity index (χ1n) is 9.25. The van der Waals surface area contributed by atoms with Gasteiger partial charge in [-0.05, 0) is 56.6 Å². The third kappa shape index (κ3) is 4.14. The summed E-state index contributed by atoms with van der Waals surface area (Å²) in [6, 6.07) is 5.81. The highest BCUT2D eigenvalue weighted by molar-refractivity contribution is 7.07. The molecule has 0 saturated carbocycles. The number of rotatable bonds is 4. The van der Waals surface area contributed by atoms with Gasteiger partial charge in [-0.1, -0.05) is 0 Å². The van der Waals surface area contributed by atoms with Crippen LogP contribution >= 0.6 is 11.5 Å². The second-order valence-corrected chi connectivity index (χ2v) is 8.01. The number of benzene rings is 1. The van der Waals surface area contributed by atoms with E-state index in [1.165, 1.54) is 35.8 Å². The monoisotopic (exact) mass is 404 g/mol. The molecule has 1 N–H and O–H groups in total. The Hall–Kier alpha value is -2.55. The highest BCUT2D eigenvalue weighted by Gasteiger charge is 2.30. The normalized spacial score (nSPS) is 17.1. The number of hydrogen-bond donors (Lipinski definition) is 1. The number of piperazine rings is 1. The van der Waals surface area contributed by atoms with Crippen LogP contribution in [-0.4, -0.2) is 69.7 Å². The van der Waals surface area contributed by atoms with Crippen LogP contribution in [0.4, 0.5) is 10.3 Å².